The van der Waals surface area contributed by atoms with Crippen LogP contribution in [0.15, 0.2) is 54.9 Å². The maximum Gasteiger partial charge on any atom is 0.342 e. The van der Waals surface area contributed by atoms with Gasteiger partial charge >= 0.3 is 5.97 Å². The summed E-state index contributed by atoms with van der Waals surface area (Å²) in [6.07, 6.45) is 3.07. The van der Waals surface area contributed by atoms with Gasteiger partial charge in [0, 0.05) is 12.7 Å². The van der Waals surface area contributed by atoms with Crippen LogP contribution < -0.4 is 4.90 Å². The summed E-state index contributed by atoms with van der Waals surface area (Å²) >= 11 is 1.43. The van der Waals surface area contributed by atoms with E-state index < -0.39 is 5.97 Å². The summed E-state index contributed by atoms with van der Waals surface area (Å²) in [5.74, 6) is -0.346. The largest absolute Gasteiger partial charge is 0.452 e. The molecule has 0 N–H and O–H groups in total. The Kier molecular flexibility index (Phi) is 5.53. The number of pyridine rings is 1. The van der Waals surface area contributed by atoms with Crippen molar-refractivity contribution >= 4 is 38.6 Å². The SMILES string of the molecule is CCN(C(=O)COC(=O)c1cnn(-c2ccccn2)c1C)c1nc2ccccc2s1. The number of anilines is 1. The number of carbonyl (C=O) groups excluding carboxylic acids is 2. The summed E-state index contributed by atoms with van der Waals surface area (Å²) in [5.41, 5.74) is 1.71. The highest BCUT2D eigenvalue weighted by molar-refractivity contribution is 7.22. The average molecular weight is 421 g/mol. The Morgan fingerprint density at radius 1 is 1.17 bits per heavy atom. The van der Waals surface area contributed by atoms with Gasteiger partial charge in [0.05, 0.1) is 22.1 Å². The van der Waals surface area contributed by atoms with Gasteiger partial charge in [0.1, 0.15) is 5.56 Å². The number of hydrogen-bond acceptors (Lipinski definition) is 7. The molecule has 4 aromatic rings. The highest BCUT2D eigenvalue weighted by Crippen LogP contribution is 2.28. The number of nitrogens with zero attached hydrogens (tertiary/aromatic N) is 5. The van der Waals surface area contributed by atoms with E-state index in [9.17, 15) is 9.59 Å². The van der Waals surface area contributed by atoms with Crippen molar-refractivity contribution in [3.63, 3.8) is 0 Å². The molecule has 4 rings (SSSR count). The zero-order valence-electron chi connectivity index (χ0n) is 16.5. The van der Waals surface area contributed by atoms with Crippen molar-refractivity contribution in [3.05, 3.63) is 66.1 Å². The molecule has 1 amide bonds. The number of aromatic nitrogens is 4. The van der Waals surface area contributed by atoms with Gasteiger partial charge in [-0.25, -0.2) is 19.4 Å². The zero-order valence-corrected chi connectivity index (χ0v) is 17.3. The van der Waals surface area contributed by atoms with E-state index >= 15 is 0 Å². The number of carbonyl (C=O) groups is 2. The molecule has 0 aliphatic rings. The van der Waals surface area contributed by atoms with Crippen LogP contribution in [0, 0.1) is 6.92 Å². The van der Waals surface area contributed by atoms with Crippen LogP contribution in [0.4, 0.5) is 5.13 Å². The van der Waals surface area contributed by atoms with E-state index in [-0.39, 0.29) is 18.1 Å². The molecule has 8 nitrogen and oxygen atoms in total. The normalized spacial score (nSPS) is 10.9. The molecule has 0 unspecified atom stereocenters. The molecule has 3 aromatic heterocycles. The summed E-state index contributed by atoms with van der Waals surface area (Å²) in [6.45, 7) is 3.65. The predicted octanol–water partition coefficient (Wildman–Crippen LogP) is 3.40. The first-order valence-corrected chi connectivity index (χ1v) is 10.2. The Bertz CT molecular complexity index is 1170. The van der Waals surface area contributed by atoms with Crippen molar-refractivity contribution in [1.82, 2.24) is 19.7 Å². The maximum atomic E-state index is 12.7. The van der Waals surface area contributed by atoms with Crippen LogP contribution in [0.2, 0.25) is 0 Å². The molecule has 30 heavy (non-hydrogen) atoms. The number of esters is 1. The molecule has 0 bridgehead atoms. The van der Waals surface area contributed by atoms with Crippen LogP contribution in [-0.4, -0.2) is 44.8 Å². The fourth-order valence-corrected chi connectivity index (χ4v) is 4.04. The lowest BCUT2D eigenvalue weighted by Gasteiger charge is -2.17. The second-order valence-electron chi connectivity index (χ2n) is 6.42. The second kappa shape index (κ2) is 8.42. The molecular formula is C21H19N5O3S. The van der Waals surface area contributed by atoms with Crippen molar-refractivity contribution in [2.75, 3.05) is 18.1 Å². The summed E-state index contributed by atoms with van der Waals surface area (Å²) in [7, 11) is 0. The van der Waals surface area contributed by atoms with Crippen molar-refractivity contribution in [3.8, 4) is 5.82 Å². The monoisotopic (exact) mass is 421 g/mol. The van der Waals surface area contributed by atoms with Gasteiger partial charge in [-0.05, 0) is 38.1 Å². The van der Waals surface area contributed by atoms with E-state index in [0.717, 1.165) is 10.2 Å². The minimum atomic E-state index is -0.608. The molecular weight excluding hydrogens is 402 g/mol. The molecule has 0 aliphatic heterocycles. The van der Waals surface area contributed by atoms with E-state index in [2.05, 4.69) is 15.1 Å². The molecule has 0 spiro atoms. The van der Waals surface area contributed by atoms with Crippen LogP contribution in [-0.2, 0) is 9.53 Å². The lowest BCUT2D eigenvalue weighted by molar-refractivity contribution is -0.121. The topological polar surface area (TPSA) is 90.2 Å². The van der Waals surface area contributed by atoms with Gasteiger partial charge in [0.25, 0.3) is 5.91 Å². The van der Waals surface area contributed by atoms with Crippen LogP contribution in [0.5, 0.6) is 0 Å². The van der Waals surface area contributed by atoms with Crippen LogP contribution in [0.1, 0.15) is 23.0 Å². The van der Waals surface area contributed by atoms with E-state index in [0.29, 0.717) is 23.2 Å². The zero-order chi connectivity index (χ0) is 21.1. The molecule has 0 aliphatic carbocycles. The fourth-order valence-electron chi connectivity index (χ4n) is 3.00. The van der Waals surface area contributed by atoms with E-state index in [4.69, 9.17) is 4.74 Å². The Morgan fingerprint density at radius 3 is 2.70 bits per heavy atom. The van der Waals surface area contributed by atoms with Crippen LogP contribution in [0.25, 0.3) is 16.0 Å². The van der Waals surface area contributed by atoms with Gasteiger partial charge in [-0.3, -0.25) is 9.69 Å². The second-order valence-corrected chi connectivity index (χ2v) is 7.43. The minimum absolute atomic E-state index is 0.288. The fraction of sp³-hybridized carbons (Fsp3) is 0.190. The molecule has 0 atom stereocenters. The summed E-state index contributed by atoms with van der Waals surface area (Å²) < 4.78 is 7.82. The van der Waals surface area contributed by atoms with Gasteiger partial charge in [-0.2, -0.15) is 5.10 Å². The summed E-state index contributed by atoms with van der Waals surface area (Å²) in [4.78, 5) is 35.5. The Hall–Kier alpha value is -3.59. The average Bonchev–Trinajstić information content (AvgIpc) is 3.36. The molecule has 0 radical (unpaired) electrons. The van der Waals surface area contributed by atoms with Crippen molar-refractivity contribution < 1.29 is 14.3 Å². The number of rotatable bonds is 6. The highest BCUT2D eigenvalue weighted by Gasteiger charge is 2.22. The van der Waals surface area contributed by atoms with E-state index in [1.807, 2.05) is 37.3 Å². The van der Waals surface area contributed by atoms with Crippen LogP contribution >= 0.6 is 11.3 Å². The van der Waals surface area contributed by atoms with Gasteiger partial charge in [-0.1, -0.05) is 29.5 Å². The summed E-state index contributed by atoms with van der Waals surface area (Å²) in [5, 5.41) is 4.79. The molecule has 0 saturated heterocycles. The smallest absolute Gasteiger partial charge is 0.342 e. The highest BCUT2D eigenvalue weighted by atomic mass is 32.1. The van der Waals surface area contributed by atoms with Gasteiger partial charge in [0.2, 0.25) is 0 Å². The first-order valence-electron chi connectivity index (χ1n) is 9.37. The molecule has 1 aromatic carbocycles. The third kappa shape index (κ3) is 3.79. The quantitative estimate of drug-likeness (QED) is 0.443. The molecule has 152 valence electrons. The van der Waals surface area contributed by atoms with Crippen LogP contribution in [0.3, 0.4) is 0 Å². The Balaban J connectivity index is 1.45. The standard InChI is InChI=1S/C21H19N5O3S/c1-3-25(21-24-16-8-4-5-9-17(16)30-21)19(27)13-29-20(28)15-12-23-26(14(15)2)18-10-6-7-11-22-18/h4-12H,3,13H2,1-2H3. The van der Waals surface area contributed by atoms with E-state index in [1.165, 1.54) is 22.4 Å². The lowest BCUT2D eigenvalue weighted by atomic mass is 10.2. The predicted molar refractivity (Wildman–Crippen MR) is 114 cm³/mol. The third-order valence-corrected chi connectivity index (χ3v) is 5.61. The number of amides is 1. The maximum absolute atomic E-state index is 12.7. The number of hydrogen-bond donors (Lipinski definition) is 0. The van der Waals surface area contributed by atoms with Crippen molar-refractivity contribution in [2.45, 2.75) is 13.8 Å². The minimum Gasteiger partial charge on any atom is -0.452 e. The number of para-hydroxylation sites is 1. The number of ether oxygens (including phenoxy) is 1. The number of likely N-dealkylation sites (N-methyl/N-ethyl adjacent to an activating group) is 1. The van der Waals surface area contributed by atoms with Crippen molar-refractivity contribution in [1.29, 1.82) is 0 Å². The third-order valence-electron chi connectivity index (χ3n) is 4.55. The Morgan fingerprint density at radius 2 is 1.97 bits per heavy atom. The number of thiazole rings is 1. The first kappa shape index (κ1) is 19.7. The first-order chi connectivity index (χ1) is 14.6. The van der Waals surface area contributed by atoms with E-state index in [1.54, 1.807) is 29.9 Å². The number of fused-ring (bicyclic) bond motifs is 1. The lowest BCUT2D eigenvalue weighted by Crippen LogP contribution is -2.34. The Labute approximate surface area is 176 Å². The summed E-state index contributed by atoms with van der Waals surface area (Å²) in [6, 6.07) is 13.1. The van der Waals surface area contributed by atoms with Gasteiger partial charge in [0.15, 0.2) is 17.6 Å². The number of benzene rings is 1. The molecule has 0 saturated carbocycles. The molecule has 3 heterocycles. The molecule has 0 fully saturated rings. The molecule has 9 heteroatoms. The van der Waals surface area contributed by atoms with Gasteiger partial charge in [-0.15, -0.1) is 0 Å². The van der Waals surface area contributed by atoms with Gasteiger partial charge < -0.3 is 4.74 Å². The van der Waals surface area contributed by atoms with Crippen molar-refractivity contribution in [2.24, 2.45) is 0 Å².